The first-order chi connectivity index (χ1) is 10.3. The maximum atomic E-state index is 4.63. The van der Waals surface area contributed by atoms with Crippen LogP contribution in [0.2, 0.25) is 0 Å². The average molecular weight is 301 g/mol. The summed E-state index contributed by atoms with van der Waals surface area (Å²) in [5.74, 6) is 1.68. The summed E-state index contributed by atoms with van der Waals surface area (Å²) in [7, 11) is 0. The van der Waals surface area contributed by atoms with E-state index >= 15 is 0 Å². The lowest BCUT2D eigenvalue weighted by atomic mass is 10.2. The Morgan fingerprint density at radius 2 is 2.33 bits per heavy atom. The highest BCUT2D eigenvalue weighted by atomic mass is 32.1. The van der Waals surface area contributed by atoms with Gasteiger partial charge in [-0.05, 0) is 25.3 Å². The van der Waals surface area contributed by atoms with Crippen molar-refractivity contribution in [3.05, 3.63) is 41.0 Å². The van der Waals surface area contributed by atoms with Crippen molar-refractivity contribution >= 4 is 28.6 Å². The first-order valence-corrected chi connectivity index (χ1v) is 8.00. The van der Waals surface area contributed by atoms with Crippen LogP contribution in [0, 0.1) is 0 Å². The SMILES string of the molecule is CCNc1cn2ccnc2c(NC(C)Cc2cccs2)n1. The lowest BCUT2D eigenvalue weighted by molar-refractivity contribution is 0.794. The van der Waals surface area contributed by atoms with Gasteiger partial charge in [0.05, 0.1) is 6.20 Å². The van der Waals surface area contributed by atoms with Crippen LogP contribution in [0.15, 0.2) is 36.1 Å². The molecule has 0 aliphatic rings. The molecule has 0 saturated heterocycles. The molecule has 2 N–H and O–H groups in total. The molecule has 110 valence electrons. The molecule has 21 heavy (non-hydrogen) atoms. The maximum absolute atomic E-state index is 4.63. The zero-order valence-electron chi connectivity index (χ0n) is 12.2. The molecule has 0 amide bonds. The van der Waals surface area contributed by atoms with Crippen molar-refractivity contribution in [1.82, 2.24) is 14.4 Å². The number of hydrogen-bond donors (Lipinski definition) is 2. The minimum Gasteiger partial charge on any atom is -0.369 e. The second-order valence-electron chi connectivity index (χ2n) is 4.99. The summed E-state index contributed by atoms with van der Waals surface area (Å²) in [6.45, 7) is 5.07. The molecule has 3 aromatic heterocycles. The fraction of sp³-hybridized carbons (Fsp3) is 0.333. The number of thiophene rings is 1. The van der Waals surface area contributed by atoms with Gasteiger partial charge in [0.1, 0.15) is 5.82 Å². The van der Waals surface area contributed by atoms with Gasteiger partial charge in [0, 0.05) is 36.3 Å². The standard InChI is InChI=1S/C15H19N5S/c1-3-16-13-10-20-7-6-17-15(20)14(19-13)18-11(2)9-12-5-4-8-21-12/h4-8,10-11,16H,3,9H2,1-2H3,(H,18,19). The van der Waals surface area contributed by atoms with Crippen molar-refractivity contribution in [2.75, 3.05) is 17.2 Å². The maximum Gasteiger partial charge on any atom is 0.180 e. The van der Waals surface area contributed by atoms with Gasteiger partial charge in [0.2, 0.25) is 0 Å². The van der Waals surface area contributed by atoms with E-state index < -0.39 is 0 Å². The van der Waals surface area contributed by atoms with Crippen LogP contribution in [-0.2, 0) is 6.42 Å². The van der Waals surface area contributed by atoms with Crippen molar-refractivity contribution in [2.24, 2.45) is 0 Å². The van der Waals surface area contributed by atoms with Crippen LogP contribution in [0.5, 0.6) is 0 Å². The number of imidazole rings is 1. The topological polar surface area (TPSA) is 54.2 Å². The lowest BCUT2D eigenvalue weighted by Crippen LogP contribution is -2.19. The van der Waals surface area contributed by atoms with Crippen LogP contribution in [0.4, 0.5) is 11.6 Å². The number of rotatable bonds is 6. The van der Waals surface area contributed by atoms with Crippen molar-refractivity contribution in [1.29, 1.82) is 0 Å². The van der Waals surface area contributed by atoms with E-state index in [9.17, 15) is 0 Å². The van der Waals surface area contributed by atoms with E-state index in [0.29, 0.717) is 6.04 Å². The number of aromatic nitrogens is 3. The van der Waals surface area contributed by atoms with Crippen LogP contribution >= 0.6 is 11.3 Å². The lowest BCUT2D eigenvalue weighted by Gasteiger charge is -2.15. The van der Waals surface area contributed by atoms with Gasteiger partial charge in [0.25, 0.3) is 0 Å². The third-order valence-electron chi connectivity index (χ3n) is 3.20. The predicted molar refractivity (Wildman–Crippen MR) is 88.3 cm³/mol. The molecule has 0 fully saturated rings. The predicted octanol–water partition coefficient (Wildman–Crippen LogP) is 3.27. The highest BCUT2D eigenvalue weighted by molar-refractivity contribution is 7.09. The molecular formula is C15H19N5S. The van der Waals surface area contributed by atoms with E-state index in [1.54, 1.807) is 17.5 Å². The van der Waals surface area contributed by atoms with E-state index in [4.69, 9.17) is 0 Å². The van der Waals surface area contributed by atoms with Crippen molar-refractivity contribution in [2.45, 2.75) is 26.3 Å². The van der Waals surface area contributed by atoms with Gasteiger partial charge >= 0.3 is 0 Å². The molecule has 0 bridgehead atoms. The van der Waals surface area contributed by atoms with Crippen LogP contribution in [0.1, 0.15) is 18.7 Å². The van der Waals surface area contributed by atoms with Crippen LogP contribution in [0.3, 0.4) is 0 Å². The minimum atomic E-state index is 0.300. The Hall–Kier alpha value is -2.08. The van der Waals surface area contributed by atoms with Crippen molar-refractivity contribution < 1.29 is 0 Å². The molecule has 0 aliphatic heterocycles. The van der Waals surface area contributed by atoms with Crippen LogP contribution in [0.25, 0.3) is 5.65 Å². The van der Waals surface area contributed by atoms with Crippen molar-refractivity contribution in [3.8, 4) is 0 Å². The number of fused-ring (bicyclic) bond motifs is 1. The highest BCUT2D eigenvalue weighted by Crippen LogP contribution is 2.19. The summed E-state index contributed by atoms with van der Waals surface area (Å²) in [6, 6.07) is 4.55. The summed E-state index contributed by atoms with van der Waals surface area (Å²) in [4.78, 5) is 10.4. The molecule has 1 unspecified atom stereocenters. The zero-order chi connectivity index (χ0) is 14.7. The molecule has 0 radical (unpaired) electrons. The van der Waals surface area contributed by atoms with E-state index in [-0.39, 0.29) is 0 Å². The van der Waals surface area contributed by atoms with Gasteiger partial charge in [-0.1, -0.05) is 6.07 Å². The Balaban J connectivity index is 1.83. The van der Waals surface area contributed by atoms with Crippen molar-refractivity contribution in [3.63, 3.8) is 0 Å². The summed E-state index contributed by atoms with van der Waals surface area (Å²) >= 11 is 1.78. The third-order valence-corrected chi connectivity index (χ3v) is 4.10. The fourth-order valence-electron chi connectivity index (χ4n) is 2.31. The number of hydrogen-bond acceptors (Lipinski definition) is 5. The molecular weight excluding hydrogens is 282 g/mol. The number of anilines is 2. The molecule has 3 rings (SSSR count). The molecule has 3 aromatic rings. The van der Waals surface area contributed by atoms with Gasteiger partial charge in [-0.25, -0.2) is 9.97 Å². The Bertz CT molecular complexity index is 704. The second kappa shape index (κ2) is 6.13. The van der Waals surface area contributed by atoms with Gasteiger partial charge in [-0.15, -0.1) is 11.3 Å². The molecule has 0 saturated carbocycles. The average Bonchev–Trinajstić information content (AvgIpc) is 3.09. The molecule has 1 atom stereocenters. The quantitative estimate of drug-likeness (QED) is 0.734. The Kier molecular flexibility index (Phi) is 4.06. The smallest absolute Gasteiger partial charge is 0.180 e. The Morgan fingerprint density at radius 1 is 1.43 bits per heavy atom. The summed E-state index contributed by atoms with van der Waals surface area (Å²) in [5, 5.41) is 8.84. The molecule has 3 heterocycles. The van der Waals surface area contributed by atoms with E-state index in [0.717, 1.165) is 30.2 Å². The number of nitrogens with one attached hydrogen (secondary N) is 2. The van der Waals surface area contributed by atoms with Gasteiger partial charge in [-0.2, -0.15) is 0 Å². The zero-order valence-corrected chi connectivity index (χ0v) is 13.0. The molecule has 6 heteroatoms. The van der Waals surface area contributed by atoms with Crippen LogP contribution in [-0.4, -0.2) is 27.0 Å². The van der Waals surface area contributed by atoms with Gasteiger partial charge in [-0.3, -0.25) is 0 Å². The van der Waals surface area contributed by atoms with Gasteiger partial charge in [0.15, 0.2) is 11.5 Å². The van der Waals surface area contributed by atoms with Gasteiger partial charge < -0.3 is 15.0 Å². The summed E-state index contributed by atoms with van der Waals surface area (Å²) < 4.78 is 1.99. The summed E-state index contributed by atoms with van der Waals surface area (Å²) in [6.07, 6.45) is 6.67. The molecule has 0 aliphatic carbocycles. The largest absolute Gasteiger partial charge is 0.369 e. The monoisotopic (exact) mass is 301 g/mol. The second-order valence-corrected chi connectivity index (χ2v) is 6.02. The Labute approximate surface area is 128 Å². The molecule has 0 spiro atoms. The normalized spacial score (nSPS) is 12.5. The molecule has 0 aromatic carbocycles. The third kappa shape index (κ3) is 3.16. The fourth-order valence-corrected chi connectivity index (χ4v) is 3.15. The van der Waals surface area contributed by atoms with Crippen LogP contribution < -0.4 is 10.6 Å². The minimum absolute atomic E-state index is 0.300. The highest BCUT2D eigenvalue weighted by Gasteiger charge is 2.11. The Morgan fingerprint density at radius 3 is 3.10 bits per heavy atom. The van der Waals surface area contributed by atoms with E-state index in [1.165, 1.54) is 4.88 Å². The molecule has 5 nitrogen and oxygen atoms in total. The summed E-state index contributed by atoms with van der Waals surface area (Å²) in [5.41, 5.74) is 0.856. The van der Waals surface area contributed by atoms with E-state index in [1.807, 2.05) is 16.8 Å². The first-order valence-electron chi connectivity index (χ1n) is 7.12. The van der Waals surface area contributed by atoms with E-state index in [2.05, 4.69) is 52.0 Å². The first kappa shape index (κ1) is 13.9. The number of nitrogens with zero attached hydrogens (tertiary/aromatic N) is 3.